The predicted octanol–water partition coefficient (Wildman–Crippen LogP) is 8.99. The summed E-state index contributed by atoms with van der Waals surface area (Å²) in [6, 6.07) is 3.35. The molecule has 1 aromatic rings. The first-order valence-corrected chi connectivity index (χ1v) is 14.4. The first-order valence-electron chi connectivity index (χ1n) is 14.4. The molecule has 0 radical (unpaired) electrons. The maximum absolute atomic E-state index is 14.8. The Balaban J connectivity index is 1.20. The van der Waals surface area contributed by atoms with Gasteiger partial charge >= 0.3 is 0 Å². The van der Waals surface area contributed by atoms with E-state index in [1.807, 2.05) is 6.92 Å². The van der Waals surface area contributed by atoms with Gasteiger partial charge in [0.1, 0.15) is 0 Å². The predicted molar refractivity (Wildman–Crippen MR) is 139 cm³/mol. The van der Waals surface area contributed by atoms with E-state index in [2.05, 4.69) is 19.1 Å². The van der Waals surface area contributed by atoms with E-state index >= 15 is 0 Å². The summed E-state index contributed by atoms with van der Waals surface area (Å²) >= 11 is 0. The highest BCUT2D eigenvalue weighted by Crippen LogP contribution is 2.44. The second-order valence-electron chi connectivity index (χ2n) is 11.4. The Morgan fingerprint density at radius 1 is 0.886 bits per heavy atom. The summed E-state index contributed by atoms with van der Waals surface area (Å²) in [7, 11) is 0. The average molecular weight is 489 g/mol. The van der Waals surface area contributed by atoms with Crippen LogP contribution in [-0.2, 0) is 4.74 Å². The molecule has 0 spiro atoms. The zero-order chi connectivity index (χ0) is 24.6. The van der Waals surface area contributed by atoms with Crippen molar-refractivity contribution in [3.05, 3.63) is 41.5 Å². The van der Waals surface area contributed by atoms with Gasteiger partial charge in [0.15, 0.2) is 11.6 Å². The summed E-state index contributed by atoms with van der Waals surface area (Å²) in [6.07, 6.45) is 20.2. The van der Waals surface area contributed by atoms with Crippen LogP contribution in [0.25, 0.3) is 0 Å². The number of ether oxygens (including phenoxy) is 2. The number of hydrogen-bond donors (Lipinski definition) is 0. The molecule has 0 amide bonds. The van der Waals surface area contributed by atoms with Gasteiger partial charge in [-0.05, 0) is 119 Å². The first kappa shape index (κ1) is 26.6. The van der Waals surface area contributed by atoms with Gasteiger partial charge in [0, 0.05) is 0 Å². The molecule has 4 heteroatoms. The van der Waals surface area contributed by atoms with Crippen LogP contribution < -0.4 is 4.74 Å². The van der Waals surface area contributed by atoms with Crippen molar-refractivity contribution in [2.24, 2.45) is 23.7 Å². The quantitative estimate of drug-likeness (QED) is 0.323. The van der Waals surface area contributed by atoms with Crippen LogP contribution in [0, 0.1) is 35.3 Å². The summed E-state index contributed by atoms with van der Waals surface area (Å²) in [5.41, 5.74) is 0.524. The maximum Gasteiger partial charge on any atom is 0.200 e. The summed E-state index contributed by atoms with van der Waals surface area (Å²) < 4.78 is 41.0. The Morgan fingerprint density at radius 3 is 2.26 bits per heavy atom. The van der Waals surface area contributed by atoms with Gasteiger partial charge in [0.05, 0.1) is 19.3 Å². The van der Waals surface area contributed by atoms with Gasteiger partial charge in [0.25, 0.3) is 0 Å². The molecule has 1 aliphatic heterocycles. The van der Waals surface area contributed by atoms with Crippen molar-refractivity contribution in [1.82, 2.24) is 0 Å². The highest BCUT2D eigenvalue weighted by Gasteiger charge is 2.36. The largest absolute Gasteiger partial charge is 0.490 e. The lowest BCUT2D eigenvalue weighted by Gasteiger charge is -2.41. The van der Waals surface area contributed by atoms with Gasteiger partial charge in [0.2, 0.25) is 5.82 Å². The molecule has 35 heavy (non-hydrogen) atoms. The first-order chi connectivity index (χ1) is 17.1. The molecule has 2 atom stereocenters. The summed E-state index contributed by atoms with van der Waals surface area (Å²) in [5, 5.41) is 0. The number of hydrogen-bond acceptors (Lipinski definition) is 2. The minimum absolute atomic E-state index is 0.0362. The van der Waals surface area contributed by atoms with E-state index in [0.717, 1.165) is 56.5 Å². The second kappa shape index (κ2) is 13.2. The number of allylic oxidation sites excluding steroid dienone is 2. The van der Waals surface area contributed by atoms with Crippen molar-refractivity contribution >= 4 is 0 Å². The zero-order valence-electron chi connectivity index (χ0n) is 22.0. The summed E-state index contributed by atoms with van der Waals surface area (Å²) in [6.45, 7) is 5.40. The van der Waals surface area contributed by atoms with Crippen LogP contribution in [0.4, 0.5) is 8.78 Å². The smallest absolute Gasteiger partial charge is 0.200 e. The number of halogens is 2. The fraction of sp³-hybridized carbons (Fsp3) is 0.742. The SMILES string of the molecule is CC=CCCC1CCC(C2CCC(C3CCC(c4ccc(OCCC)c(F)c4F)CC3)OC2)CC1. The lowest BCUT2D eigenvalue weighted by atomic mass is 9.71. The molecular weight excluding hydrogens is 442 g/mol. The van der Waals surface area contributed by atoms with Gasteiger partial charge in [-0.25, -0.2) is 4.39 Å². The molecule has 2 aliphatic carbocycles. The molecule has 1 aromatic carbocycles. The lowest BCUT2D eigenvalue weighted by molar-refractivity contribution is -0.0724. The van der Waals surface area contributed by atoms with Gasteiger partial charge in [-0.2, -0.15) is 4.39 Å². The van der Waals surface area contributed by atoms with Crippen LogP contribution >= 0.6 is 0 Å². The number of rotatable bonds is 9. The average Bonchev–Trinajstić information content (AvgIpc) is 2.90. The van der Waals surface area contributed by atoms with Crippen LogP contribution in [0.5, 0.6) is 5.75 Å². The Bertz CT molecular complexity index is 798. The van der Waals surface area contributed by atoms with Crippen molar-refractivity contribution in [1.29, 1.82) is 0 Å². The molecular formula is C31H46F2O2. The molecule has 2 unspecified atom stereocenters. The molecule has 4 rings (SSSR count). The third-order valence-corrected chi connectivity index (χ3v) is 9.16. The Labute approximate surface area is 211 Å². The Morgan fingerprint density at radius 2 is 1.60 bits per heavy atom. The van der Waals surface area contributed by atoms with Crippen LogP contribution in [-0.4, -0.2) is 19.3 Å². The standard InChI is InChI=1S/C31H46F2O2/c1-3-5-6-7-22-8-10-23(11-9-22)26-16-18-28(35-21-26)25-14-12-24(13-15-25)27-17-19-29(34-20-4-2)31(33)30(27)32/h3,5,17,19,22-26,28H,4,6-16,18,20-21H2,1-2H3. The fourth-order valence-corrected chi connectivity index (χ4v) is 6.97. The molecule has 0 bridgehead atoms. The van der Waals surface area contributed by atoms with Crippen molar-refractivity contribution in [2.45, 2.75) is 109 Å². The summed E-state index contributed by atoms with van der Waals surface area (Å²) in [5.74, 6) is 1.68. The minimum Gasteiger partial charge on any atom is -0.490 e. The molecule has 1 heterocycles. The molecule has 3 aliphatic rings. The van der Waals surface area contributed by atoms with Gasteiger partial charge in [-0.1, -0.05) is 38.0 Å². The molecule has 2 saturated carbocycles. The lowest BCUT2D eigenvalue weighted by Crippen LogP contribution is -2.37. The molecule has 2 nitrogen and oxygen atoms in total. The van der Waals surface area contributed by atoms with Crippen molar-refractivity contribution in [3.8, 4) is 5.75 Å². The molecule has 196 valence electrons. The topological polar surface area (TPSA) is 18.5 Å². The number of benzene rings is 1. The van der Waals surface area contributed by atoms with Crippen molar-refractivity contribution in [3.63, 3.8) is 0 Å². The Hall–Kier alpha value is -1.42. The highest BCUT2D eigenvalue weighted by molar-refractivity contribution is 5.33. The monoisotopic (exact) mass is 488 g/mol. The zero-order valence-corrected chi connectivity index (χ0v) is 22.0. The Kier molecular flexibility index (Phi) is 10.1. The van der Waals surface area contributed by atoms with E-state index in [-0.39, 0.29) is 11.7 Å². The summed E-state index contributed by atoms with van der Waals surface area (Å²) in [4.78, 5) is 0. The maximum atomic E-state index is 14.8. The van der Waals surface area contributed by atoms with Gasteiger partial charge in [-0.3, -0.25) is 0 Å². The van der Waals surface area contributed by atoms with Crippen LogP contribution in [0.3, 0.4) is 0 Å². The third-order valence-electron chi connectivity index (χ3n) is 9.16. The molecule has 0 aromatic heterocycles. The van der Waals surface area contributed by atoms with Crippen LogP contribution in [0.15, 0.2) is 24.3 Å². The van der Waals surface area contributed by atoms with Crippen molar-refractivity contribution < 1.29 is 18.3 Å². The van der Waals surface area contributed by atoms with E-state index < -0.39 is 11.6 Å². The van der Waals surface area contributed by atoms with E-state index in [4.69, 9.17) is 9.47 Å². The van der Waals surface area contributed by atoms with Crippen LogP contribution in [0.1, 0.15) is 109 Å². The second-order valence-corrected chi connectivity index (χ2v) is 11.4. The fourth-order valence-electron chi connectivity index (χ4n) is 6.97. The van der Waals surface area contributed by atoms with Gasteiger partial charge < -0.3 is 9.47 Å². The van der Waals surface area contributed by atoms with E-state index in [1.54, 1.807) is 12.1 Å². The molecule has 1 saturated heterocycles. The van der Waals surface area contributed by atoms with E-state index in [1.165, 1.54) is 51.4 Å². The van der Waals surface area contributed by atoms with E-state index in [0.29, 0.717) is 24.2 Å². The molecule has 0 N–H and O–H groups in total. The normalized spacial score (nSPS) is 32.1. The third kappa shape index (κ3) is 6.87. The minimum atomic E-state index is -0.827. The van der Waals surface area contributed by atoms with Crippen molar-refractivity contribution in [2.75, 3.05) is 13.2 Å². The highest BCUT2D eigenvalue weighted by atomic mass is 19.2. The van der Waals surface area contributed by atoms with Crippen LogP contribution in [0.2, 0.25) is 0 Å². The molecule has 3 fully saturated rings. The van der Waals surface area contributed by atoms with Gasteiger partial charge in [-0.15, -0.1) is 0 Å². The van der Waals surface area contributed by atoms with E-state index in [9.17, 15) is 8.78 Å².